The van der Waals surface area contributed by atoms with E-state index in [1.165, 1.54) is 12.1 Å². The Balaban J connectivity index is 0.00000242. The minimum atomic E-state index is -4.42. The topological polar surface area (TPSA) is 50.4 Å². The van der Waals surface area contributed by atoms with Crippen molar-refractivity contribution < 1.29 is 22.7 Å². The van der Waals surface area contributed by atoms with Gasteiger partial charge in [0.15, 0.2) is 6.61 Å². The summed E-state index contributed by atoms with van der Waals surface area (Å²) in [7, 11) is 0. The first kappa shape index (κ1) is 18.6. The van der Waals surface area contributed by atoms with Crippen LogP contribution >= 0.6 is 12.4 Å². The number of rotatable bonds is 4. The van der Waals surface area contributed by atoms with E-state index in [1.54, 1.807) is 0 Å². The molecule has 0 bridgehead atoms. The van der Waals surface area contributed by atoms with Crippen molar-refractivity contribution in [1.29, 1.82) is 0 Å². The van der Waals surface area contributed by atoms with E-state index in [4.69, 9.17) is 4.74 Å². The molecule has 0 aromatic heterocycles. The molecule has 2 N–H and O–H groups in total. The van der Waals surface area contributed by atoms with Gasteiger partial charge in [0.1, 0.15) is 5.75 Å². The van der Waals surface area contributed by atoms with Crippen molar-refractivity contribution >= 4 is 18.3 Å². The molecule has 1 heterocycles. The monoisotopic (exact) mass is 338 g/mol. The van der Waals surface area contributed by atoms with E-state index >= 15 is 0 Å². The number of carbonyl (C=O) groups excluding carboxylic acids is 1. The molecule has 0 spiro atoms. The smallest absolute Gasteiger partial charge is 0.416 e. The van der Waals surface area contributed by atoms with Crippen molar-refractivity contribution in [2.24, 2.45) is 0 Å². The molecule has 1 aromatic carbocycles. The highest BCUT2D eigenvalue weighted by molar-refractivity contribution is 5.85. The molecule has 1 aliphatic rings. The SMILES string of the molecule is Cl.O=C(COc1cccc(C(F)(F)F)c1)N[C@H]1CCCNC1. The molecule has 0 aliphatic carbocycles. The Hall–Kier alpha value is -1.47. The number of amides is 1. The fourth-order valence-electron chi connectivity index (χ4n) is 2.16. The first-order chi connectivity index (χ1) is 9.95. The van der Waals surface area contributed by atoms with Crippen LogP contribution in [-0.4, -0.2) is 31.6 Å². The van der Waals surface area contributed by atoms with Gasteiger partial charge in [-0.3, -0.25) is 4.79 Å². The van der Waals surface area contributed by atoms with Crippen molar-refractivity contribution in [1.82, 2.24) is 10.6 Å². The highest BCUT2D eigenvalue weighted by Crippen LogP contribution is 2.31. The summed E-state index contributed by atoms with van der Waals surface area (Å²) in [5.41, 5.74) is -0.795. The van der Waals surface area contributed by atoms with Crippen LogP contribution in [0, 0.1) is 0 Å². The van der Waals surface area contributed by atoms with Gasteiger partial charge < -0.3 is 15.4 Å². The molecule has 1 aliphatic heterocycles. The van der Waals surface area contributed by atoms with Crippen molar-refractivity contribution in [2.45, 2.75) is 25.1 Å². The number of benzene rings is 1. The average Bonchev–Trinajstić information content (AvgIpc) is 2.46. The van der Waals surface area contributed by atoms with Gasteiger partial charge in [-0.1, -0.05) is 6.07 Å². The van der Waals surface area contributed by atoms with Crippen molar-refractivity contribution in [2.75, 3.05) is 19.7 Å². The molecule has 4 nitrogen and oxygen atoms in total. The Morgan fingerprint density at radius 2 is 2.18 bits per heavy atom. The summed E-state index contributed by atoms with van der Waals surface area (Å²) in [5.74, 6) is -0.303. The molecule has 1 aromatic rings. The van der Waals surface area contributed by atoms with Crippen LogP contribution in [0.2, 0.25) is 0 Å². The normalized spacial score (nSPS) is 18.2. The Kier molecular flexibility index (Phi) is 6.96. The molecule has 8 heteroatoms. The Bertz CT molecular complexity index is 491. The number of ether oxygens (including phenoxy) is 1. The quantitative estimate of drug-likeness (QED) is 0.886. The maximum Gasteiger partial charge on any atom is 0.416 e. The minimum absolute atomic E-state index is 0. The zero-order valence-electron chi connectivity index (χ0n) is 11.8. The van der Waals surface area contributed by atoms with Gasteiger partial charge in [-0.2, -0.15) is 13.2 Å². The van der Waals surface area contributed by atoms with Crippen LogP contribution in [0.3, 0.4) is 0 Å². The lowest BCUT2D eigenvalue weighted by Crippen LogP contribution is -2.46. The lowest BCUT2D eigenvalue weighted by molar-refractivity contribution is -0.137. The maximum absolute atomic E-state index is 12.5. The van der Waals surface area contributed by atoms with Gasteiger partial charge in [-0.15, -0.1) is 12.4 Å². The van der Waals surface area contributed by atoms with E-state index in [1.807, 2.05) is 0 Å². The molecule has 124 valence electrons. The van der Waals surface area contributed by atoms with Gasteiger partial charge in [0.25, 0.3) is 5.91 Å². The number of nitrogens with one attached hydrogen (secondary N) is 2. The third kappa shape index (κ3) is 5.73. The zero-order valence-corrected chi connectivity index (χ0v) is 12.6. The summed E-state index contributed by atoms with van der Waals surface area (Å²) in [5, 5.41) is 5.94. The largest absolute Gasteiger partial charge is 0.484 e. The van der Waals surface area contributed by atoms with E-state index in [9.17, 15) is 18.0 Å². The van der Waals surface area contributed by atoms with Crippen molar-refractivity contribution in [3.63, 3.8) is 0 Å². The molecule has 22 heavy (non-hydrogen) atoms. The van der Waals surface area contributed by atoms with Crippen molar-refractivity contribution in [3.05, 3.63) is 29.8 Å². The van der Waals surface area contributed by atoms with Crippen LogP contribution in [0.5, 0.6) is 5.75 Å². The minimum Gasteiger partial charge on any atom is -0.484 e. The molecule has 2 rings (SSSR count). The predicted molar refractivity (Wildman–Crippen MR) is 78.2 cm³/mol. The Morgan fingerprint density at radius 3 is 2.82 bits per heavy atom. The zero-order chi connectivity index (χ0) is 15.3. The average molecular weight is 339 g/mol. The second-order valence-electron chi connectivity index (χ2n) is 4.93. The molecular formula is C14H18ClF3N2O2. The molecule has 0 saturated carbocycles. The van der Waals surface area contributed by atoms with Crippen LogP contribution in [-0.2, 0) is 11.0 Å². The van der Waals surface area contributed by atoms with E-state index in [0.29, 0.717) is 6.54 Å². The summed E-state index contributed by atoms with van der Waals surface area (Å²) in [6.07, 6.45) is -2.54. The Labute approximate surface area is 132 Å². The van der Waals surface area contributed by atoms with Gasteiger partial charge in [-0.25, -0.2) is 0 Å². The van der Waals surface area contributed by atoms with E-state index in [0.717, 1.165) is 31.5 Å². The van der Waals surface area contributed by atoms with Gasteiger partial charge >= 0.3 is 6.18 Å². The van der Waals surface area contributed by atoms with Crippen LogP contribution in [0.15, 0.2) is 24.3 Å². The van der Waals surface area contributed by atoms with E-state index in [-0.39, 0.29) is 36.7 Å². The third-order valence-corrected chi connectivity index (χ3v) is 3.19. The number of alkyl halides is 3. The van der Waals surface area contributed by atoms with E-state index < -0.39 is 11.7 Å². The highest BCUT2D eigenvalue weighted by atomic mass is 35.5. The van der Waals surface area contributed by atoms with E-state index in [2.05, 4.69) is 10.6 Å². The molecule has 1 amide bonds. The van der Waals surface area contributed by atoms with Crippen LogP contribution in [0.4, 0.5) is 13.2 Å². The molecule has 1 fully saturated rings. The van der Waals surface area contributed by atoms with Gasteiger partial charge in [0, 0.05) is 12.6 Å². The summed E-state index contributed by atoms with van der Waals surface area (Å²) in [4.78, 5) is 11.7. The summed E-state index contributed by atoms with van der Waals surface area (Å²) in [6, 6.07) is 4.54. The van der Waals surface area contributed by atoms with Crippen LogP contribution < -0.4 is 15.4 Å². The number of halogens is 4. The number of hydrogen-bond acceptors (Lipinski definition) is 3. The predicted octanol–water partition coefficient (Wildman–Crippen LogP) is 2.37. The lowest BCUT2D eigenvalue weighted by atomic mass is 10.1. The molecule has 1 saturated heterocycles. The second kappa shape index (κ2) is 8.24. The maximum atomic E-state index is 12.5. The fourth-order valence-corrected chi connectivity index (χ4v) is 2.16. The number of hydrogen-bond donors (Lipinski definition) is 2. The van der Waals surface area contributed by atoms with Gasteiger partial charge in [0.05, 0.1) is 5.56 Å². The standard InChI is InChI=1S/C14H17F3N2O2.ClH/c15-14(16,17)10-3-1-5-12(7-10)21-9-13(20)19-11-4-2-6-18-8-11;/h1,3,5,7,11,18H,2,4,6,8-9H2,(H,19,20);1H/t11-;/m0./s1. The van der Waals surface area contributed by atoms with Crippen molar-refractivity contribution in [3.8, 4) is 5.75 Å². The third-order valence-electron chi connectivity index (χ3n) is 3.19. The summed E-state index contributed by atoms with van der Waals surface area (Å²) in [6.45, 7) is 1.35. The second-order valence-corrected chi connectivity index (χ2v) is 4.93. The summed E-state index contributed by atoms with van der Waals surface area (Å²) >= 11 is 0. The molecule has 0 unspecified atom stereocenters. The molecule has 1 atom stereocenters. The molecule has 0 radical (unpaired) electrons. The first-order valence-corrected chi connectivity index (χ1v) is 6.75. The van der Waals surface area contributed by atoms with Gasteiger partial charge in [-0.05, 0) is 37.6 Å². The van der Waals surface area contributed by atoms with Crippen LogP contribution in [0.1, 0.15) is 18.4 Å². The number of piperidine rings is 1. The number of carbonyl (C=O) groups is 1. The lowest BCUT2D eigenvalue weighted by Gasteiger charge is -2.23. The summed E-state index contributed by atoms with van der Waals surface area (Å²) < 4.78 is 42.7. The van der Waals surface area contributed by atoms with Gasteiger partial charge in [0.2, 0.25) is 0 Å². The fraction of sp³-hybridized carbons (Fsp3) is 0.500. The van der Waals surface area contributed by atoms with Crippen LogP contribution in [0.25, 0.3) is 0 Å². The molecular weight excluding hydrogens is 321 g/mol. The highest BCUT2D eigenvalue weighted by Gasteiger charge is 2.30. The first-order valence-electron chi connectivity index (χ1n) is 6.75. The Morgan fingerprint density at radius 1 is 1.41 bits per heavy atom.